The number of β-lactam (4-membered cyclic amide) rings is 1. The molecule has 3 rings (SSSR count). The van der Waals surface area contributed by atoms with E-state index >= 15 is 0 Å². The number of carbonyl (C=O) groups is 2. The summed E-state index contributed by atoms with van der Waals surface area (Å²) in [6.07, 6.45) is -0.319. The van der Waals surface area contributed by atoms with Gasteiger partial charge in [0.15, 0.2) is 0 Å². The molecule has 0 unspecified atom stereocenters. The van der Waals surface area contributed by atoms with Crippen LogP contribution in [-0.2, 0) is 16.6 Å². The topological polar surface area (TPSA) is 121 Å². The largest absolute Gasteiger partial charge is 0.477 e. The maximum absolute atomic E-state index is 12.1. The first kappa shape index (κ1) is 15.0. The van der Waals surface area contributed by atoms with E-state index in [1.807, 2.05) is 0 Å². The smallest absolute Gasteiger partial charge is 0.352 e. The number of fused-ring (bicyclic) bond motifs is 1. The Bertz CT molecular complexity index is 670. The molecule has 0 radical (unpaired) electrons. The van der Waals surface area contributed by atoms with Gasteiger partial charge in [-0.3, -0.25) is 4.79 Å². The third-order valence-electron chi connectivity index (χ3n) is 3.98. The Hall–Kier alpha value is -1.94. The second-order valence-corrected chi connectivity index (χ2v) is 6.32. The van der Waals surface area contributed by atoms with Crippen LogP contribution in [0.2, 0.25) is 0 Å². The van der Waals surface area contributed by atoms with E-state index in [0.717, 1.165) is 0 Å². The molecular formula is C12H15N5O4S. The number of aromatic nitrogens is 4. The van der Waals surface area contributed by atoms with Crippen molar-refractivity contribution in [2.75, 3.05) is 5.75 Å². The van der Waals surface area contributed by atoms with Crippen molar-refractivity contribution < 1.29 is 19.8 Å². The highest BCUT2D eigenvalue weighted by atomic mass is 32.2. The number of carbonyl (C=O) groups excluding carboxylic acids is 1. The van der Waals surface area contributed by atoms with Gasteiger partial charge in [0.25, 0.3) is 0 Å². The average Bonchev–Trinajstić information content (AvgIpc) is 2.97. The van der Waals surface area contributed by atoms with Crippen LogP contribution >= 0.6 is 11.8 Å². The molecule has 1 amide bonds. The fourth-order valence-electron chi connectivity index (χ4n) is 2.99. The number of hydrogen-bond donors (Lipinski definition) is 2. The van der Waals surface area contributed by atoms with Crippen molar-refractivity contribution in [1.82, 2.24) is 25.1 Å². The van der Waals surface area contributed by atoms with Crippen LogP contribution in [0.4, 0.5) is 0 Å². The average molecular weight is 325 g/mol. The standard InChI is InChI=1S/C12H15N5O4S/c1-5(18)8-7-3-6(4-22-12-13-14-15-16(12)2)9(11(20)21)17(7)10(8)19/h5,7-8,18H,3-4H2,1-2H3,(H,20,21)/t5-,7-,8-/m1/s1. The first-order chi connectivity index (χ1) is 10.4. The molecule has 0 spiro atoms. The summed E-state index contributed by atoms with van der Waals surface area (Å²) in [6.45, 7) is 1.55. The molecule has 2 aliphatic rings. The van der Waals surface area contributed by atoms with E-state index in [0.29, 0.717) is 22.9 Å². The monoisotopic (exact) mass is 325 g/mol. The molecule has 118 valence electrons. The first-order valence-corrected chi connectivity index (χ1v) is 7.72. The Balaban J connectivity index is 1.80. The van der Waals surface area contributed by atoms with Gasteiger partial charge in [-0.25, -0.2) is 9.48 Å². The molecule has 10 heteroatoms. The molecule has 0 bridgehead atoms. The van der Waals surface area contributed by atoms with Gasteiger partial charge in [-0.1, -0.05) is 11.8 Å². The highest BCUT2D eigenvalue weighted by Gasteiger charge is 2.56. The van der Waals surface area contributed by atoms with E-state index in [1.54, 1.807) is 14.0 Å². The van der Waals surface area contributed by atoms with Gasteiger partial charge < -0.3 is 15.1 Å². The maximum Gasteiger partial charge on any atom is 0.352 e. The summed E-state index contributed by atoms with van der Waals surface area (Å²) in [4.78, 5) is 24.8. The number of hydrogen-bond acceptors (Lipinski definition) is 7. The van der Waals surface area contributed by atoms with Crippen LogP contribution in [0, 0.1) is 5.92 Å². The van der Waals surface area contributed by atoms with Gasteiger partial charge in [0.2, 0.25) is 11.1 Å². The van der Waals surface area contributed by atoms with Crippen molar-refractivity contribution in [3.05, 3.63) is 11.3 Å². The predicted molar refractivity (Wildman–Crippen MR) is 74.6 cm³/mol. The number of nitrogens with zero attached hydrogens (tertiary/aromatic N) is 5. The highest BCUT2D eigenvalue weighted by Crippen LogP contribution is 2.44. The lowest BCUT2D eigenvalue weighted by molar-refractivity contribution is -0.161. The summed E-state index contributed by atoms with van der Waals surface area (Å²) in [6, 6.07) is -0.258. The van der Waals surface area contributed by atoms with Crippen molar-refractivity contribution in [3.8, 4) is 0 Å². The fourth-order valence-corrected chi connectivity index (χ4v) is 3.86. The number of amides is 1. The third kappa shape index (κ3) is 2.18. The molecule has 9 nitrogen and oxygen atoms in total. The number of carboxylic acids is 1. The molecule has 1 fully saturated rings. The summed E-state index contributed by atoms with van der Waals surface area (Å²) in [7, 11) is 1.70. The SMILES string of the molecule is C[C@@H](O)[C@H]1C(=O)N2C(C(=O)O)=C(CSc3nnnn3C)C[C@H]12. The third-order valence-corrected chi connectivity index (χ3v) is 5.08. The summed E-state index contributed by atoms with van der Waals surface area (Å²) in [5.41, 5.74) is 0.705. The van der Waals surface area contributed by atoms with Crippen LogP contribution in [0.25, 0.3) is 0 Å². The lowest BCUT2D eigenvalue weighted by Gasteiger charge is -2.44. The second-order valence-electron chi connectivity index (χ2n) is 5.38. The van der Waals surface area contributed by atoms with E-state index in [2.05, 4.69) is 15.5 Å². The number of tetrazole rings is 1. The van der Waals surface area contributed by atoms with Crippen LogP contribution < -0.4 is 0 Å². The fraction of sp³-hybridized carbons (Fsp3) is 0.583. The van der Waals surface area contributed by atoms with Crippen molar-refractivity contribution in [1.29, 1.82) is 0 Å². The van der Waals surface area contributed by atoms with E-state index < -0.39 is 18.0 Å². The molecule has 3 heterocycles. The van der Waals surface area contributed by atoms with Gasteiger partial charge in [0, 0.05) is 12.8 Å². The summed E-state index contributed by atoms with van der Waals surface area (Å²) < 4.78 is 1.50. The molecule has 1 aromatic heterocycles. The van der Waals surface area contributed by atoms with E-state index in [4.69, 9.17) is 0 Å². The van der Waals surface area contributed by atoms with Crippen LogP contribution in [0.1, 0.15) is 13.3 Å². The van der Waals surface area contributed by atoms with E-state index in [1.165, 1.54) is 21.3 Å². The molecule has 22 heavy (non-hydrogen) atoms. The number of rotatable bonds is 5. The maximum atomic E-state index is 12.1. The van der Waals surface area contributed by atoms with Crippen molar-refractivity contribution in [3.63, 3.8) is 0 Å². The summed E-state index contributed by atoms with van der Waals surface area (Å²) in [5.74, 6) is -1.57. The number of aryl methyl sites for hydroxylation is 1. The summed E-state index contributed by atoms with van der Waals surface area (Å²) in [5, 5.41) is 30.7. The second kappa shape index (κ2) is 5.36. The Morgan fingerprint density at radius 3 is 2.82 bits per heavy atom. The van der Waals surface area contributed by atoms with Gasteiger partial charge in [0.05, 0.1) is 18.1 Å². The number of aliphatic hydroxyl groups is 1. The molecule has 1 saturated heterocycles. The molecule has 0 aromatic carbocycles. The van der Waals surface area contributed by atoms with Gasteiger partial charge in [-0.05, 0) is 29.3 Å². The Kier molecular flexibility index (Phi) is 3.65. The quantitative estimate of drug-likeness (QED) is 0.536. The zero-order valence-corrected chi connectivity index (χ0v) is 12.8. The number of aliphatic hydroxyl groups excluding tert-OH is 1. The van der Waals surface area contributed by atoms with Gasteiger partial charge >= 0.3 is 5.97 Å². The first-order valence-electron chi connectivity index (χ1n) is 6.73. The Labute approximate surface area is 130 Å². The molecule has 0 aliphatic carbocycles. The van der Waals surface area contributed by atoms with Crippen LogP contribution in [0.15, 0.2) is 16.4 Å². The Morgan fingerprint density at radius 1 is 1.55 bits per heavy atom. The number of aliphatic carboxylic acids is 1. The van der Waals surface area contributed by atoms with Gasteiger partial charge in [-0.15, -0.1) is 5.10 Å². The predicted octanol–water partition coefficient (Wildman–Crippen LogP) is -0.748. The minimum Gasteiger partial charge on any atom is -0.477 e. The molecule has 0 saturated carbocycles. The zero-order valence-electron chi connectivity index (χ0n) is 12.0. The van der Waals surface area contributed by atoms with Gasteiger partial charge in [-0.2, -0.15) is 0 Å². The van der Waals surface area contributed by atoms with Crippen LogP contribution in [0.5, 0.6) is 0 Å². The molecular weight excluding hydrogens is 310 g/mol. The minimum absolute atomic E-state index is 0.0366. The zero-order chi connectivity index (χ0) is 16.0. The minimum atomic E-state index is -1.12. The van der Waals surface area contributed by atoms with E-state index in [9.17, 15) is 19.8 Å². The number of carboxylic acid groups (broad SMARTS) is 1. The van der Waals surface area contributed by atoms with Crippen molar-refractivity contribution in [2.24, 2.45) is 13.0 Å². The molecule has 2 N–H and O–H groups in total. The molecule has 3 atom stereocenters. The van der Waals surface area contributed by atoms with Crippen LogP contribution in [-0.4, -0.2) is 65.1 Å². The lowest BCUT2D eigenvalue weighted by Crippen LogP contribution is -2.61. The summed E-state index contributed by atoms with van der Waals surface area (Å²) >= 11 is 1.32. The van der Waals surface area contributed by atoms with Crippen LogP contribution in [0.3, 0.4) is 0 Å². The van der Waals surface area contributed by atoms with Gasteiger partial charge in [0.1, 0.15) is 5.70 Å². The number of thioether (sulfide) groups is 1. The molecule has 2 aliphatic heterocycles. The van der Waals surface area contributed by atoms with Crippen molar-refractivity contribution >= 4 is 23.6 Å². The lowest BCUT2D eigenvalue weighted by atomic mass is 9.83. The Morgan fingerprint density at radius 2 is 2.27 bits per heavy atom. The van der Waals surface area contributed by atoms with E-state index in [-0.39, 0.29) is 17.6 Å². The normalized spacial score (nSPS) is 25.2. The molecule has 1 aromatic rings. The van der Waals surface area contributed by atoms with Crippen molar-refractivity contribution in [2.45, 2.75) is 30.6 Å². The highest BCUT2D eigenvalue weighted by molar-refractivity contribution is 7.99.